The van der Waals surface area contributed by atoms with E-state index in [2.05, 4.69) is 4.72 Å². The minimum absolute atomic E-state index is 0.0548. The van der Waals surface area contributed by atoms with E-state index in [1.54, 1.807) is 0 Å². The third-order valence-corrected chi connectivity index (χ3v) is 7.44. The number of amides is 1. The zero-order valence-electron chi connectivity index (χ0n) is 18.5. The number of piperazine rings is 1. The molecule has 0 spiro atoms. The Morgan fingerprint density at radius 3 is 2.11 bits per heavy atom. The molecule has 2 aromatic rings. The molecule has 0 bridgehead atoms. The highest BCUT2D eigenvalue weighted by atomic mass is 32.2. The van der Waals surface area contributed by atoms with Crippen molar-refractivity contribution in [1.29, 1.82) is 0 Å². The van der Waals surface area contributed by atoms with Gasteiger partial charge in [0, 0.05) is 30.7 Å². The largest absolute Gasteiger partial charge is 0.503 e. The summed E-state index contributed by atoms with van der Waals surface area (Å²) in [4.78, 5) is 22.4. The molecular formula is C22H24F3N3O6S. The van der Waals surface area contributed by atoms with Gasteiger partial charge in [-0.15, -0.1) is 0 Å². The molecule has 3 N–H and O–H groups in total. The van der Waals surface area contributed by atoms with Crippen LogP contribution in [-0.2, 0) is 21.2 Å². The summed E-state index contributed by atoms with van der Waals surface area (Å²) in [7, 11) is -3.87. The van der Waals surface area contributed by atoms with E-state index in [1.807, 2.05) is 37.3 Å². The molecule has 13 heteroatoms. The van der Waals surface area contributed by atoms with E-state index < -0.39 is 34.0 Å². The Balaban J connectivity index is 0.000000795. The van der Waals surface area contributed by atoms with E-state index in [9.17, 15) is 26.4 Å². The number of alkyl halides is 3. The Hall–Kier alpha value is -3.16. The van der Waals surface area contributed by atoms with Gasteiger partial charge in [-0.2, -0.15) is 30.6 Å². The van der Waals surface area contributed by atoms with Crippen LogP contribution in [0.25, 0.3) is 0 Å². The van der Waals surface area contributed by atoms with Crippen LogP contribution in [0.1, 0.15) is 24.0 Å². The van der Waals surface area contributed by atoms with Crippen molar-refractivity contribution in [3.63, 3.8) is 0 Å². The van der Waals surface area contributed by atoms with Gasteiger partial charge in [0.2, 0.25) is 5.91 Å². The number of nitrogens with one attached hydrogen (secondary N) is 1. The second-order valence-corrected chi connectivity index (χ2v) is 9.85. The van der Waals surface area contributed by atoms with E-state index in [0.29, 0.717) is 5.69 Å². The Bertz CT molecular complexity index is 1160. The number of hydrogen-bond donors (Lipinski definition) is 3. The van der Waals surface area contributed by atoms with Gasteiger partial charge in [-0.25, -0.2) is 4.79 Å². The fourth-order valence-electron chi connectivity index (χ4n) is 4.04. The normalized spacial score (nSPS) is 22.8. The lowest BCUT2D eigenvalue weighted by Gasteiger charge is -2.33. The highest BCUT2D eigenvalue weighted by Crippen LogP contribution is 2.47. The van der Waals surface area contributed by atoms with Crippen LogP contribution in [-0.4, -0.2) is 60.7 Å². The Labute approximate surface area is 200 Å². The number of carboxylic acid groups (broad SMARTS) is 2. The summed E-state index contributed by atoms with van der Waals surface area (Å²) in [6, 6.07) is 13.7. The summed E-state index contributed by atoms with van der Waals surface area (Å²) in [6.45, 7) is 1.72. The van der Waals surface area contributed by atoms with Crippen LogP contribution in [0, 0.1) is 5.92 Å². The summed E-state index contributed by atoms with van der Waals surface area (Å²) in [5.74, 6) is -0.263. The number of benzene rings is 2. The van der Waals surface area contributed by atoms with Crippen molar-refractivity contribution in [2.75, 3.05) is 24.5 Å². The van der Waals surface area contributed by atoms with Crippen molar-refractivity contribution < 1.29 is 41.4 Å². The summed E-state index contributed by atoms with van der Waals surface area (Å²) in [6.07, 6.45) is -6.29. The van der Waals surface area contributed by atoms with Gasteiger partial charge in [-0.05, 0) is 35.7 Å². The van der Waals surface area contributed by atoms with Crippen LogP contribution < -0.4 is 9.62 Å². The van der Waals surface area contributed by atoms with E-state index in [1.165, 1.54) is 17.0 Å². The van der Waals surface area contributed by atoms with E-state index in [4.69, 9.17) is 15.0 Å². The van der Waals surface area contributed by atoms with Crippen LogP contribution in [0.2, 0.25) is 0 Å². The quantitative estimate of drug-likeness (QED) is 0.561. The standard InChI is InChI=1S/C21H22F3N3O3S.CH2O3/c1-14-19(15-5-3-2-4-6-15)20(14)25-31(29,30)26-11-12-27(18(28)13-26)17-9-7-16(8-10-17)21(22,23)24;2-1(3)4/h2-10,14,19-20,25H,11-13H2,1H3;(H2,2,3,4)/t14-,19-,20+;/m1./s1. The van der Waals surface area contributed by atoms with E-state index in [-0.39, 0.29) is 37.5 Å². The molecule has 0 unspecified atom stereocenters. The van der Waals surface area contributed by atoms with E-state index >= 15 is 0 Å². The molecule has 190 valence electrons. The molecule has 0 aromatic heterocycles. The van der Waals surface area contributed by atoms with Crippen molar-refractivity contribution in [2.45, 2.75) is 25.1 Å². The lowest BCUT2D eigenvalue weighted by atomic mass is 10.1. The Kier molecular flexibility index (Phi) is 7.72. The lowest BCUT2D eigenvalue weighted by Crippen LogP contribution is -2.55. The maximum absolute atomic E-state index is 12.8. The number of anilines is 1. The number of carbonyl (C=O) groups is 2. The van der Waals surface area contributed by atoms with Gasteiger partial charge in [0.15, 0.2) is 0 Å². The maximum atomic E-state index is 12.8. The van der Waals surface area contributed by atoms with Crippen LogP contribution in [0.15, 0.2) is 54.6 Å². The second-order valence-electron chi connectivity index (χ2n) is 8.15. The third kappa shape index (κ3) is 6.50. The zero-order chi connectivity index (χ0) is 26.0. The number of nitrogens with zero attached hydrogens (tertiary/aromatic N) is 2. The van der Waals surface area contributed by atoms with Crippen LogP contribution >= 0.6 is 0 Å². The molecule has 1 amide bonds. The molecule has 4 rings (SSSR count). The predicted molar refractivity (Wildman–Crippen MR) is 120 cm³/mol. The lowest BCUT2D eigenvalue weighted by molar-refractivity contribution is -0.137. The molecule has 1 saturated heterocycles. The molecule has 3 atom stereocenters. The fraction of sp³-hybridized carbons (Fsp3) is 0.364. The molecule has 2 aliphatic rings. The average Bonchev–Trinajstić information content (AvgIpc) is 3.41. The van der Waals surface area contributed by atoms with Gasteiger partial charge in [0.25, 0.3) is 10.2 Å². The molecule has 2 aromatic carbocycles. The molecule has 1 heterocycles. The molecule has 1 saturated carbocycles. The summed E-state index contributed by atoms with van der Waals surface area (Å²) >= 11 is 0. The zero-order valence-corrected chi connectivity index (χ0v) is 19.3. The first kappa shape index (κ1) is 26.4. The van der Waals surface area contributed by atoms with Crippen LogP contribution in [0.3, 0.4) is 0 Å². The summed E-state index contributed by atoms with van der Waals surface area (Å²) in [5.41, 5.74) is 0.564. The van der Waals surface area contributed by atoms with E-state index in [0.717, 1.165) is 22.0 Å². The smallest absolute Gasteiger partial charge is 0.450 e. The number of rotatable bonds is 5. The molecular weight excluding hydrogens is 491 g/mol. The SMILES string of the molecule is C[C@H]1[C@H](NS(=O)(=O)N2CCN(c3ccc(C(F)(F)F)cc3)C(=O)C2)[C@H]1c1ccccc1.O=C(O)O. The maximum Gasteiger partial charge on any atom is 0.503 e. The van der Waals surface area contributed by atoms with Gasteiger partial charge in [-0.3, -0.25) is 4.79 Å². The average molecular weight is 516 g/mol. The highest BCUT2D eigenvalue weighted by Gasteiger charge is 2.50. The van der Waals surface area contributed by atoms with Crippen LogP contribution in [0.5, 0.6) is 0 Å². The van der Waals surface area contributed by atoms with Crippen molar-refractivity contribution in [3.8, 4) is 0 Å². The molecule has 1 aliphatic heterocycles. The van der Waals surface area contributed by atoms with Crippen molar-refractivity contribution in [2.24, 2.45) is 5.92 Å². The van der Waals surface area contributed by atoms with Gasteiger partial charge < -0.3 is 15.1 Å². The number of halogens is 3. The first-order valence-corrected chi connectivity index (χ1v) is 12.0. The van der Waals surface area contributed by atoms with Gasteiger partial charge in [0.05, 0.1) is 12.1 Å². The van der Waals surface area contributed by atoms with Gasteiger partial charge >= 0.3 is 12.3 Å². The summed E-state index contributed by atoms with van der Waals surface area (Å²) in [5, 5.41) is 13.9. The van der Waals surface area contributed by atoms with Gasteiger partial charge in [0.1, 0.15) is 0 Å². The second kappa shape index (κ2) is 10.2. The molecule has 0 radical (unpaired) electrons. The Morgan fingerprint density at radius 2 is 1.60 bits per heavy atom. The minimum Gasteiger partial charge on any atom is -0.450 e. The van der Waals surface area contributed by atoms with Crippen LogP contribution in [0.4, 0.5) is 23.7 Å². The summed E-state index contributed by atoms with van der Waals surface area (Å²) < 4.78 is 67.6. The first-order chi connectivity index (χ1) is 16.3. The third-order valence-electron chi connectivity index (χ3n) is 5.88. The molecule has 2 fully saturated rings. The fourth-order valence-corrected chi connectivity index (χ4v) is 5.49. The van der Waals surface area contributed by atoms with Crippen molar-refractivity contribution in [3.05, 3.63) is 65.7 Å². The molecule has 1 aliphatic carbocycles. The van der Waals surface area contributed by atoms with Gasteiger partial charge in [-0.1, -0.05) is 37.3 Å². The number of hydrogen-bond acceptors (Lipinski definition) is 4. The predicted octanol–water partition coefficient (Wildman–Crippen LogP) is 3.21. The monoisotopic (exact) mass is 515 g/mol. The Morgan fingerprint density at radius 1 is 1.03 bits per heavy atom. The van der Waals surface area contributed by atoms with Crippen molar-refractivity contribution >= 4 is 28.0 Å². The topological polar surface area (TPSA) is 127 Å². The highest BCUT2D eigenvalue weighted by molar-refractivity contribution is 7.87. The molecule has 35 heavy (non-hydrogen) atoms. The van der Waals surface area contributed by atoms with Crippen molar-refractivity contribution in [1.82, 2.24) is 9.03 Å². The number of carbonyl (C=O) groups excluding carboxylic acids is 1. The first-order valence-electron chi connectivity index (χ1n) is 10.5. The molecule has 9 nitrogen and oxygen atoms in total. The minimum atomic E-state index is -4.46.